The van der Waals surface area contributed by atoms with Gasteiger partial charge in [-0.05, 0) is 54.4 Å². The molecule has 0 radical (unpaired) electrons. The van der Waals surface area contributed by atoms with Crippen molar-refractivity contribution in [2.24, 2.45) is 5.92 Å². The number of amides is 1. The summed E-state index contributed by atoms with van der Waals surface area (Å²) in [6.45, 7) is 3.13. The molecule has 1 atom stereocenters. The van der Waals surface area contributed by atoms with Crippen molar-refractivity contribution in [2.45, 2.75) is 19.9 Å². The van der Waals surface area contributed by atoms with Gasteiger partial charge in [-0.1, -0.05) is 37.0 Å². The van der Waals surface area contributed by atoms with Crippen LogP contribution in [0.1, 0.15) is 34.6 Å². The Kier molecular flexibility index (Phi) is 7.39. The predicted octanol–water partition coefficient (Wildman–Crippen LogP) is 4.17. The van der Waals surface area contributed by atoms with Crippen LogP contribution in [0.5, 0.6) is 0 Å². The lowest BCUT2D eigenvalue weighted by Gasteiger charge is -2.20. The molecule has 2 aromatic carbocycles. The van der Waals surface area contributed by atoms with Crippen molar-refractivity contribution in [3.63, 3.8) is 0 Å². The van der Waals surface area contributed by atoms with Gasteiger partial charge in [0, 0.05) is 21.2 Å². The molecule has 27 heavy (non-hydrogen) atoms. The van der Waals surface area contributed by atoms with Crippen molar-refractivity contribution in [1.82, 2.24) is 5.32 Å². The van der Waals surface area contributed by atoms with Crippen molar-refractivity contribution in [2.75, 3.05) is 6.61 Å². The monoisotopic (exact) mass is 407 g/mol. The van der Waals surface area contributed by atoms with E-state index in [1.807, 2.05) is 0 Å². The van der Waals surface area contributed by atoms with E-state index in [2.05, 4.69) is 5.32 Å². The van der Waals surface area contributed by atoms with Crippen molar-refractivity contribution in [1.29, 1.82) is 0 Å². The molecule has 0 aliphatic rings. The number of ketones is 1. The number of carbonyl (C=O) groups is 3. The Morgan fingerprint density at radius 2 is 1.37 bits per heavy atom. The number of nitrogens with one attached hydrogen (secondary N) is 1. The smallest absolute Gasteiger partial charge is 0.329 e. The third kappa shape index (κ3) is 6.08. The summed E-state index contributed by atoms with van der Waals surface area (Å²) in [4.78, 5) is 36.8. The van der Waals surface area contributed by atoms with Gasteiger partial charge in [0.1, 0.15) is 6.04 Å². The van der Waals surface area contributed by atoms with Gasteiger partial charge in [0.2, 0.25) is 0 Å². The first-order chi connectivity index (χ1) is 12.8. The summed E-state index contributed by atoms with van der Waals surface area (Å²) in [5.74, 6) is -1.67. The van der Waals surface area contributed by atoms with E-state index in [0.29, 0.717) is 21.2 Å². The van der Waals surface area contributed by atoms with Gasteiger partial charge in [0.25, 0.3) is 5.91 Å². The Bertz CT molecular complexity index is 817. The highest BCUT2D eigenvalue weighted by atomic mass is 35.5. The van der Waals surface area contributed by atoms with Gasteiger partial charge in [-0.25, -0.2) is 4.79 Å². The van der Waals surface area contributed by atoms with E-state index in [1.54, 1.807) is 62.4 Å². The molecule has 0 saturated carbocycles. The maximum Gasteiger partial charge on any atom is 0.329 e. The van der Waals surface area contributed by atoms with Gasteiger partial charge in [-0.15, -0.1) is 0 Å². The number of hydrogen-bond acceptors (Lipinski definition) is 4. The standard InChI is InChI=1S/C20H19Cl2NO4/c1-12(2)18(23-19(25)14-5-9-16(22)10-6-14)20(26)27-11-17(24)13-3-7-15(21)8-4-13/h3-10,12,18H,11H2,1-2H3,(H,23,25)/t18-/m0/s1. The van der Waals surface area contributed by atoms with Crippen molar-refractivity contribution in [3.8, 4) is 0 Å². The number of carbonyl (C=O) groups excluding carboxylic acids is 3. The number of Topliss-reactive ketones (excluding diaryl/α,β-unsaturated/α-hetero) is 1. The van der Waals surface area contributed by atoms with E-state index in [4.69, 9.17) is 27.9 Å². The topological polar surface area (TPSA) is 72.5 Å². The average Bonchev–Trinajstić information content (AvgIpc) is 2.64. The molecule has 0 saturated heterocycles. The quantitative estimate of drug-likeness (QED) is 0.551. The molecule has 0 fully saturated rings. The maximum absolute atomic E-state index is 12.4. The van der Waals surface area contributed by atoms with Gasteiger partial charge in [0.05, 0.1) is 0 Å². The number of ether oxygens (including phenoxy) is 1. The van der Waals surface area contributed by atoms with Crippen LogP contribution in [0.3, 0.4) is 0 Å². The molecular formula is C20H19Cl2NO4. The zero-order valence-corrected chi connectivity index (χ0v) is 16.4. The minimum Gasteiger partial charge on any atom is -0.456 e. The maximum atomic E-state index is 12.4. The van der Waals surface area contributed by atoms with Crippen LogP contribution in [-0.4, -0.2) is 30.3 Å². The van der Waals surface area contributed by atoms with Gasteiger partial charge < -0.3 is 10.1 Å². The molecule has 0 aromatic heterocycles. The zero-order valence-electron chi connectivity index (χ0n) is 14.9. The summed E-state index contributed by atoms with van der Waals surface area (Å²) >= 11 is 11.6. The third-order valence-electron chi connectivity index (χ3n) is 3.83. The minimum atomic E-state index is -0.883. The number of esters is 1. The largest absolute Gasteiger partial charge is 0.456 e. The second-order valence-corrected chi connectivity index (χ2v) is 7.11. The molecule has 0 bridgehead atoms. The highest BCUT2D eigenvalue weighted by Crippen LogP contribution is 2.12. The molecule has 0 spiro atoms. The van der Waals surface area contributed by atoms with Crippen LogP contribution < -0.4 is 5.32 Å². The van der Waals surface area contributed by atoms with E-state index >= 15 is 0 Å². The van der Waals surface area contributed by atoms with Crippen LogP contribution in [0.15, 0.2) is 48.5 Å². The fraction of sp³-hybridized carbons (Fsp3) is 0.250. The van der Waals surface area contributed by atoms with Crippen LogP contribution in [0.4, 0.5) is 0 Å². The summed E-state index contributed by atoms with van der Waals surface area (Å²) in [6.07, 6.45) is 0. The Morgan fingerprint density at radius 3 is 1.85 bits per heavy atom. The lowest BCUT2D eigenvalue weighted by atomic mass is 10.0. The van der Waals surface area contributed by atoms with Crippen LogP contribution >= 0.6 is 23.2 Å². The van der Waals surface area contributed by atoms with Crippen LogP contribution in [0.25, 0.3) is 0 Å². The molecule has 0 unspecified atom stereocenters. The normalized spacial score (nSPS) is 11.7. The molecule has 7 heteroatoms. The molecule has 0 heterocycles. The first-order valence-corrected chi connectivity index (χ1v) is 9.05. The summed E-state index contributed by atoms with van der Waals surface area (Å²) in [5, 5.41) is 3.65. The molecule has 0 aliphatic heterocycles. The molecule has 142 valence electrons. The number of halogens is 2. The Labute approximate surface area is 167 Å². The minimum absolute atomic E-state index is 0.223. The van der Waals surface area contributed by atoms with Crippen molar-refractivity contribution >= 4 is 40.9 Å². The molecular weight excluding hydrogens is 389 g/mol. The highest BCUT2D eigenvalue weighted by molar-refractivity contribution is 6.31. The van der Waals surface area contributed by atoms with E-state index < -0.39 is 24.5 Å². The summed E-state index contributed by atoms with van der Waals surface area (Å²) in [5.41, 5.74) is 0.758. The van der Waals surface area contributed by atoms with Crippen LogP contribution in [-0.2, 0) is 9.53 Å². The molecule has 1 amide bonds. The lowest BCUT2D eigenvalue weighted by Crippen LogP contribution is -2.45. The van der Waals surface area contributed by atoms with Crippen LogP contribution in [0, 0.1) is 5.92 Å². The zero-order chi connectivity index (χ0) is 20.0. The van der Waals surface area contributed by atoms with E-state index in [-0.39, 0.29) is 11.7 Å². The van der Waals surface area contributed by atoms with Crippen LogP contribution in [0.2, 0.25) is 10.0 Å². The summed E-state index contributed by atoms with van der Waals surface area (Å²) in [7, 11) is 0. The van der Waals surface area contributed by atoms with Crippen molar-refractivity contribution < 1.29 is 19.1 Å². The molecule has 2 rings (SSSR count). The van der Waals surface area contributed by atoms with E-state index in [9.17, 15) is 14.4 Å². The number of benzene rings is 2. The SMILES string of the molecule is CC(C)[C@H](NC(=O)c1ccc(Cl)cc1)C(=O)OCC(=O)c1ccc(Cl)cc1. The Hall–Kier alpha value is -2.37. The molecule has 0 aliphatic carbocycles. The predicted molar refractivity (Wildman–Crippen MR) is 104 cm³/mol. The summed E-state index contributed by atoms with van der Waals surface area (Å²) in [6, 6.07) is 11.7. The van der Waals surface area contributed by atoms with Gasteiger partial charge in [-0.2, -0.15) is 0 Å². The second kappa shape index (κ2) is 9.53. The van der Waals surface area contributed by atoms with Gasteiger partial charge >= 0.3 is 5.97 Å². The fourth-order valence-electron chi connectivity index (χ4n) is 2.27. The lowest BCUT2D eigenvalue weighted by molar-refractivity contribution is -0.145. The molecule has 2 aromatic rings. The third-order valence-corrected chi connectivity index (χ3v) is 4.33. The highest BCUT2D eigenvalue weighted by Gasteiger charge is 2.27. The second-order valence-electron chi connectivity index (χ2n) is 6.24. The molecule has 1 N–H and O–H groups in total. The average molecular weight is 408 g/mol. The van der Waals surface area contributed by atoms with Crippen molar-refractivity contribution in [3.05, 3.63) is 69.7 Å². The van der Waals surface area contributed by atoms with Gasteiger partial charge in [0.15, 0.2) is 12.4 Å². The van der Waals surface area contributed by atoms with E-state index in [0.717, 1.165) is 0 Å². The van der Waals surface area contributed by atoms with E-state index in [1.165, 1.54) is 0 Å². The fourth-order valence-corrected chi connectivity index (χ4v) is 2.52. The number of hydrogen-bond donors (Lipinski definition) is 1. The first-order valence-electron chi connectivity index (χ1n) is 8.29. The Morgan fingerprint density at radius 1 is 0.889 bits per heavy atom. The first kappa shape index (κ1) is 20.9. The summed E-state index contributed by atoms with van der Waals surface area (Å²) < 4.78 is 5.11. The van der Waals surface area contributed by atoms with Gasteiger partial charge in [-0.3, -0.25) is 9.59 Å². The Balaban J connectivity index is 1.97. The number of rotatable bonds is 7. The molecule has 5 nitrogen and oxygen atoms in total.